The highest BCUT2D eigenvalue weighted by Crippen LogP contribution is 2.41. The molecule has 1 aliphatic heterocycles. The number of rotatable bonds is 12. The largest absolute Gasteiger partial charge is 0.494 e. The number of carbonyl (C=O) groups is 2. The number of unbranched alkanes of at least 4 members (excludes halogenated alkanes) is 4. The number of esters is 1. The van der Waals surface area contributed by atoms with E-state index in [4.69, 9.17) is 13.9 Å². The molecule has 0 aliphatic carbocycles. The fraction of sp³-hybridized carbons (Fsp3) is 0.324. The highest BCUT2D eigenvalue weighted by Gasteiger charge is 2.43. The van der Waals surface area contributed by atoms with Gasteiger partial charge in [-0.25, -0.2) is 4.79 Å². The monoisotopic (exact) mass is 553 g/mol. The highest BCUT2D eigenvalue weighted by molar-refractivity contribution is 6.10. The van der Waals surface area contributed by atoms with E-state index in [0.29, 0.717) is 41.0 Å². The SMILES string of the molecule is CCCCCCOc1ccc(C2c3c(oc4ccccc4c3=O)C(=O)N2c2ccc(C(=O)OCCCC)cc2)cc1. The lowest BCUT2D eigenvalue weighted by molar-refractivity contribution is 0.0499. The molecule has 1 unspecified atom stereocenters. The van der Waals surface area contributed by atoms with E-state index in [0.717, 1.165) is 37.0 Å². The van der Waals surface area contributed by atoms with Gasteiger partial charge >= 0.3 is 5.97 Å². The van der Waals surface area contributed by atoms with E-state index >= 15 is 0 Å². The van der Waals surface area contributed by atoms with Gasteiger partial charge in [0, 0.05) is 5.69 Å². The van der Waals surface area contributed by atoms with Crippen LogP contribution in [0.15, 0.2) is 82.0 Å². The predicted molar refractivity (Wildman–Crippen MR) is 159 cm³/mol. The lowest BCUT2D eigenvalue weighted by atomic mass is 9.98. The first-order valence-corrected chi connectivity index (χ1v) is 14.4. The van der Waals surface area contributed by atoms with Crippen LogP contribution in [0.5, 0.6) is 5.75 Å². The van der Waals surface area contributed by atoms with Gasteiger partial charge in [0.2, 0.25) is 5.76 Å². The Balaban J connectivity index is 1.49. The smallest absolute Gasteiger partial charge is 0.338 e. The van der Waals surface area contributed by atoms with Crippen molar-refractivity contribution in [1.82, 2.24) is 0 Å². The van der Waals surface area contributed by atoms with Crippen LogP contribution < -0.4 is 15.1 Å². The standard InChI is InChI=1S/C34H35NO6/c1-3-5-7-10-22-39-26-19-15-23(16-20-26)30-29-31(36)27-11-8-9-12-28(27)41-32(29)33(37)35(30)25-17-13-24(14-18-25)34(38)40-21-6-4-2/h8-9,11-20,30H,3-7,10,21-22H2,1-2H3. The van der Waals surface area contributed by atoms with Crippen molar-refractivity contribution in [3.8, 4) is 5.75 Å². The Labute approximate surface area is 239 Å². The van der Waals surface area contributed by atoms with Gasteiger partial charge in [-0.2, -0.15) is 0 Å². The number of amides is 1. The predicted octanol–water partition coefficient (Wildman–Crippen LogP) is 7.46. The van der Waals surface area contributed by atoms with Crippen LogP contribution >= 0.6 is 0 Å². The number of benzene rings is 3. The van der Waals surface area contributed by atoms with Crippen molar-refractivity contribution in [3.63, 3.8) is 0 Å². The highest BCUT2D eigenvalue weighted by atomic mass is 16.5. The van der Waals surface area contributed by atoms with E-state index < -0.39 is 17.9 Å². The van der Waals surface area contributed by atoms with Gasteiger partial charge in [-0.05, 0) is 66.9 Å². The van der Waals surface area contributed by atoms with Gasteiger partial charge < -0.3 is 13.9 Å². The molecule has 1 atom stereocenters. The second-order valence-electron chi connectivity index (χ2n) is 10.3. The van der Waals surface area contributed by atoms with Gasteiger partial charge in [0.15, 0.2) is 5.43 Å². The molecule has 0 saturated carbocycles. The van der Waals surface area contributed by atoms with Crippen LogP contribution in [0, 0.1) is 0 Å². The van der Waals surface area contributed by atoms with Crippen LogP contribution in [-0.4, -0.2) is 25.1 Å². The molecule has 5 rings (SSSR count). The molecule has 0 fully saturated rings. The molecule has 1 aliphatic rings. The molecule has 2 heterocycles. The molecular formula is C34H35NO6. The third-order valence-corrected chi connectivity index (χ3v) is 7.35. The van der Waals surface area contributed by atoms with Crippen LogP contribution in [0.2, 0.25) is 0 Å². The van der Waals surface area contributed by atoms with Crippen LogP contribution in [0.25, 0.3) is 11.0 Å². The van der Waals surface area contributed by atoms with Crippen LogP contribution in [0.3, 0.4) is 0 Å². The summed E-state index contributed by atoms with van der Waals surface area (Å²) in [7, 11) is 0. The van der Waals surface area contributed by atoms with Crippen molar-refractivity contribution in [1.29, 1.82) is 0 Å². The molecule has 41 heavy (non-hydrogen) atoms. The van der Waals surface area contributed by atoms with E-state index in [-0.39, 0.29) is 11.2 Å². The van der Waals surface area contributed by atoms with E-state index in [2.05, 4.69) is 6.92 Å². The summed E-state index contributed by atoms with van der Waals surface area (Å²) in [5.74, 6) is -0.0656. The first-order chi connectivity index (χ1) is 20.0. The van der Waals surface area contributed by atoms with Crippen molar-refractivity contribution in [2.45, 2.75) is 58.4 Å². The summed E-state index contributed by atoms with van der Waals surface area (Å²) in [6.07, 6.45) is 6.20. The zero-order chi connectivity index (χ0) is 28.8. The Morgan fingerprint density at radius 2 is 1.56 bits per heavy atom. The second kappa shape index (κ2) is 12.9. The van der Waals surface area contributed by atoms with Gasteiger partial charge in [0.25, 0.3) is 5.91 Å². The third-order valence-electron chi connectivity index (χ3n) is 7.35. The molecule has 3 aromatic carbocycles. The number of ether oxygens (including phenoxy) is 2. The Bertz CT molecular complexity index is 1570. The molecule has 7 nitrogen and oxygen atoms in total. The number of nitrogens with zero attached hydrogens (tertiary/aromatic N) is 1. The topological polar surface area (TPSA) is 86.0 Å². The number of hydrogen-bond donors (Lipinski definition) is 0. The fourth-order valence-corrected chi connectivity index (χ4v) is 5.12. The zero-order valence-electron chi connectivity index (χ0n) is 23.6. The second-order valence-corrected chi connectivity index (χ2v) is 10.3. The molecule has 1 aromatic heterocycles. The summed E-state index contributed by atoms with van der Waals surface area (Å²) in [4.78, 5) is 41.6. The van der Waals surface area contributed by atoms with E-state index in [1.165, 1.54) is 12.8 Å². The number of anilines is 1. The minimum absolute atomic E-state index is 0.0259. The Morgan fingerprint density at radius 1 is 0.829 bits per heavy atom. The first kappa shape index (κ1) is 28.1. The summed E-state index contributed by atoms with van der Waals surface area (Å²) in [6, 6.07) is 20.4. The maximum Gasteiger partial charge on any atom is 0.338 e. The fourth-order valence-electron chi connectivity index (χ4n) is 5.12. The normalized spacial score (nSPS) is 14.3. The van der Waals surface area contributed by atoms with E-state index in [9.17, 15) is 14.4 Å². The number of carbonyl (C=O) groups excluding carboxylic acids is 2. The van der Waals surface area contributed by atoms with Crippen LogP contribution in [0.4, 0.5) is 5.69 Å². The third kappa shape index (κ3) is 5.89. The summed E-state index contributed by atoms with van der Waals surface area (Å²) < 4.78 is 17.3. The van der Waals surface area contributed by atoms with E-state index in [1.54, 1.807) is 53.4 Å². The number of hydrogen-bond acceptors (Lipinski definition) is 6. The Morgan fingerprint density at radius 3 is 2.29 bits per heavy atom. The van der Waals surface area contributed by atoms with Gasteiger partial charge in [-0.1, -0.05) is 63.8 Å². The Hall–Kier alpha value is -4.39. The number of para-hydroxylation sites is 1. The lowest BCUT2D eigenvalue weighted by Crippen LogP contribution is -2.29. The van der Waals surface area contributed by atoms with Crippen LogP contribution in [0.1, 0.15) is 90.5 Å². The van der Waals surface area contributed by atoms with Crippen molar-refractivity contribution in [2.24, 2.45) is 0 Å². The molecular weight excluding hydrogens is 518 g/mol. The average molecular weight is 554 g/mol. The average Bonchev–Trinajstić information content (AvgIpc) is 3.29. The van der Waals surface area contributed by atoms with Crippen LogP contribution in [-0.2, 0) is 4.74 Å². The molecule has 0 saturated heterocycles. The van der Waals surface area contributed by atoms with E-state index in [1.807, 2.05) is 31.2 Å². The molecule has 0 radical (unpaired) electrons. The summed E-state index contributed by atoms with van der Waals surface area (Å²) in [5, 5.41) is 0.420. The zero-order valence-corrected chi connectivity index (χ0v) is 23.6. The molecule has 0 N–H and O–H groups in total. The van der Waals surface area contributed by atoms with Crippen molar-refractivity contribution in [2.75, 3.05) is 18.1 Å². The summed E-state index contributed by atoms with van der Waals surface area (Å²) >= 11 is 0. The molecule has 0 spiro atoms. The van der Waals surface area contributed by atoms with Crippen molar-refractivity contribution in [3.05, 3.63) is 105 Å². The quantitative estimate of drug-likeness (QED) is 0.134. The van der Waals surface area contributed by atoms with Gasteiger partial charge in [0.05, 0.1) is 35.8 Å². The van der Waals surface area contributed by atoms with Gasteiger partial charge in [0.1, 0.15) is 11.3 Å². The van der Waals surface area contributed by atoms with Gasteiger partial charge in [-0.15, -0.1) is 0 Å². The molecule has 7 heteroatoms. The van der Waals surface area contributed by atoms with Gasteiger partial charge in [-0.3, -0.25) is 14.5 Å². The lowest BCUT2D eigenvalue weighted by Gasteiger charge is -2.25. The Kier molecular flexibility index (Phi) is 8.82. The maximum atomic E-state index is 13.8. The first-order valence-electron chi connectivity index (χ1n) is 14.4. The molecule has 212 valence electrons. The van der Waals surface area contributed by atoms with Crippen molar-refractivity contribution >= 4 is 28.5 Å². The molecule has 0 bridgehead atoms. The number of fused-ring (bicyclic) bond motifs is 2. The molecule has 4 aromatic rings. The minimum Gasteiger partial charge on any atom is -0.494 e. The molecule has 1 amide bonds. The summed E-state index contributed by atoms with van der Waals surface area (Å²) in [5.41, 5.74) is 2.10. The van der Waals surface area contributed by atoms with Crippen molar-refractivity contribution < 1.29 is 23.5 Å². The maximum absolute atomic E-state index is 13.8. The summed E-state index contributed by atoms with van der Waals surface area (Å²) in [6.45, 7) is 5.20. The minimum atomic E-state index is -0.709.